The van der Waals surface area contributed by atoms with Crippen LogP contribution in [0.15, 0.2) is 12.1 Å². The topological polar surface area (TPSA) is 15.3 Å². The van der Waals surface area contributed by atoms with Gasteiger partial charge in [0.1, 0.15) is 5.82 Å². The van der Waals surface area contributed by atoms with Crippen molar-refractivity contribution in [2.75, 3.05) is 18.0 Å². The Balaban J connectivity index is 2.06. The fourth-order valence-electron chi connectivity index (χ4n) is 2.86. The zero-order chi connectivity index (χ0) is 11.3. The zero-order valence-electron chi connectivity index (χ0n) is 9.13. The lowest BCUT2D eigenvalue weighted by Gasteiger charge is -2.38. The van der Waals surface area contributed by atoms with Crippen molar-refractivity contribution in [1.29, 1.82) is 0 Å². The minimum atomic E-state index is -0.305. The zero-order valence-corrected chi connectivity index (χ0v) is 9.89. The summed E-state index contributed by atoms with van der Waals surface area (Å²) >= 11 is 5.85. The molecule has 2 aliphatic rings. The van der Waals surface area contributed by atoms with Crippen molar-refractivity contribution in [2.24, 2.45) is 0 Å². The maximum Gasteiger partial charge on any atom is 0.142 e. The quantitative estimate of drug-likeness (QED) is 0.748. The summed E-state index contributed by atoms with van der Waals surface area (Å²) in [6, 6.07) is 4.26. The lowest BCUT2D eigenvalue weighted by molar-refractivity contribution is 0.430. The number of piperazine rings is 1. The fourth-order valence-corrected chi connectivity index (χ4v) is 3.01. The van der Waals surface area contributed by atoms with Crippen LogP contribution in [-0.2, 0) is 6.42 Å². The van der Waals surface area contributed by atoms with Crippen LogP contribution in [0.1, 0.15) is 12.5 Å². The molecule has 0 bridgehead atoms. The van der Waals surface area contributed by atoms with E-state index in [1.807, 2.05) is 0 Å². The number of nitrogens with zero attached hydrogens (tertiary/aromatic N) is 1. The van der Waals surface area contributed by atoms with Crippen molar-refractivity contribution in [2.45, 2.75) is 25.4 Å². The molecule has 0 saturated carbocycles. The molecule has 0 aromatic heterocycles. The molecule has 0 amide bonds. The van der Waals surface area contributed by atoms with E-state index in [0.29, 0.717) is 12.1 Å². The third-order valence-electron chi connectivity index (χ3n) is 3.54. The Morgan fingerprint density at radius 1 is 1.44 bits per heavy atom. The first kappa shape index (κ1) is 10.4. The molecule has 0 unspecified atom stereocenters. The summed E-state index contributed by atoms with van der Waals surface area (Å²) in [4.78, 5) is 2.37. The predicted molar refractivity (Wildman–Crippen MR) is 63.7 cm³/mol. The molecule has 1 aromatic carbocycles. The van der Waals surface area contributed by atoms with Crippen LogP contribution in [0, 0.1) is 5.82 Å². The maximum atomic E-state index is 13.4. The smallest absolute Gasteiger partial charge is 0.142 e. The summed E-state index contributed by atoms with van der Waals surface area (Å²) in [6.07, 6.45) is 0.917. The van der Waals surface area contributed by atoms with Gasteiger partial charge in [-0.15, -0.1) is 0 Å². The fraction of sp³-hybridized carbons (Fsp3) is 0.500. The average molecular weight is 241 g/mol. The first-order valence-corrected chi connectivity index (χ1v) is 6.01. The van der Waals surface area contributed by atoms with E-state index in [9.17, 15) is 4.39 Å². The highest BCUT2D eigenvalue weighted by Crippen LogP contribution is 2.37. The number of hydrogen-bond acceptors (Lipinski definition) is 2. The number of fused-ring (bicyclic) bond motifs is 3. The highest BCUT2D eigenvalue weighted by Gasteiger charge is 2.35. The molecule has 2 aliphatic heterocycles. The standard InChI is InChI=1S/C12H14ClFN2/c1-7-5-15-6-9-2-8-3-11(14)10(13)4-12(8)16(7)9/h3-4,7,9,15H,2,5-6H2,1H3/t7-,9-/m1/s1. The third-order valence-corrected chi connectivity index (χ3v) is 3.83. The Hall–Kier alpha value is -0.800. The molecular weight excluding hydrogens is 227 g/mol. The minimum absolute atomic E-state index is 0.227. The molecule has 2 heterocycles. The normalized spacial score (nSPS) is 27.8. The van der Waals surface area contributed by atoms with Crippen LogP contribution < -0.4 is 10.2 Å². The van der Waals surface area contributed by atoms with Gasteiger partial charge in [-0.2, -0.15) is 0 Å². The largest absolute Gasteiger partial charge is 0.363 e. The van der Waals surface area contributed by atoms with Gasteiger partial charge in [0, 0.05) is 30.9 Å². The van der Waals surface area contributed by atoms with E-state index < -0.39 is 0 Å². The summed E-state index contributed by atoms with van der Waals surface area (Å²) in [5.41, 5.74) is 2.20. The van der Waals surface area contributed by atoms with Gasteiger partial charge in [-0.05, 0) is 31.0 Å². The van der Waals surface area contributed by atoms with Crippen LogP contribution in [0.2, 0.25) is 5.02 Å². The average Bonchev–Trinajstić information content (AvgIpc) is 2.58. The first-order chi connectivity index (χ1) is 7.66. The summed E-state index contributed by atoms with van der Waals surface area (Å²) in [5, 5.41) is 3.63. The van der Waals surface area contributed by atoms with Crippen LogP contribution in [0.25, 0.3) is 0 Å². The highest BCUT2D eigenvalue weighted by atomic mass is 35.5. The molecule has 4 heteroatoms. The molecule has 1 aromatic rings. The van der Waals surface area contributed by atoms with Crippen molar-refractivity contribution in [3.8, 4) is 0 Å². The molecule has 3 rings (SSSR count). The van der Waals surface area contributed by atoms with Gasteiger partial charge in [0.2, 0.25) is 0 Å². The van der Waals surface area contributed by atoms with E-state index >= 15 is 0 Å². The monoisotopic (exact) mass is 240 g/mol. The first-order valence-electron chi connectivity index (χ1n) is 5.64. The summed E-state index contributed by atoms with van der Waals surface area (Å²) in [5.74, 6) is -0.305. The number of hydrogen-bond donors (Lipinski definition) is 1. The molecule has 16 heavy (non-hydrogen) atoms. The Labute approximate surface area is 99.4 Å². The Morgan fingerprint density at radius 2 is 2.25 bits per heavy atom. The van der Waals surface area contributed by atoms with Crippen molar-refractivity contribution in [3.05, 3.63) is 28.5 Å². The molecule has 86 valence electrons. The minimum Gasteiger partial charge on any atom is -0.363 e. The highest BCUT2D eigenvalue weighted by molar-refractivity contribution is 6.31. The van der Waals surface area contributed by atoms with Crippen molar-refractivity contribution in [1.82, 2.24) is 5.32 Å². The molecule has 0 aliphatic carbocycles. The van der Waals surface area contributed by atoms with E-state index in [4.69, 9.17) is 11.6 Å². The maximum absolute atomic E-state index is 13.4. The third kappa shape index (κ3) is 1.42. The van der Waals surface area contributed by atoms with E-state index in [1.54, 1.807) is 12.1 Å². The molecule has 2 atom stereocenters. The summed E-state index contributed by atoms with van der Waals surface area (Å²) < 4.78 is 13.4. The van der Waals surface area contributed by atoms with Crippen LogP contribution in [0.4, 0.5) is 10.1 Å². The molecule has 0 radical (unpaired) electrons. The summed E-state index contributed by atoms with van der Waals surface area (Å²) in [7, 11) is 0. The summed E-state index contributed by atoms with van der Waals surface area (Å²) in [6.45, 7) is 4.13. The van der Waals surface area contributed by atoms with Crippen LogP contribution >= 0.6 is 11.6 Å². The van der Waals surface area contributed by atoms with Crippen LogP contribution in [0.3, 0.4) is 0 Å². The van der Waals surface area contributed by atoms with E-state index in [0.717, 1.165) is 30.8 Å². The van der Waals surface area contributed by atoms with Crippen LogP contribution in [0.5, 0.6) is 0 Å². The molecular formula is C12H14ClFN2. The van der Waals surface area contributed by atoms with Crippen molar-refractivity contribution < 1.29 is 4.39 Å². The Kier molecular flexibility index (Phi) is 2.33. The second kappa shape index (κ2) is 3.60. The van der Waals surface area contributed by atoms with E-state index in [-0.39, 0.29) is 10.8 Å². The molecule has 2 nitrogen and oxygen atoms in total. The van der Waals surface area contributed by atoms with Gasteiger partial charge in [-0.3, -0.25) is 0 Å². The molecule has 1 N–H and O–H groups in total. The van der Waals surface area contributed by atoms with Gasteiger partial charge in [0.15, 0.2) is 0 Å². The predicted octanol–water partition coefficient (Wildman–Crippen LogP) is 2.20. The van der Waals surface area contributed by atoms with Gasteiger partial charge in [-0.25, -0.2) is 4.39 Å². The van der Waals surface area contributed by atoms with Crippen molar-refractivity contribution >= 4 is 17.3 Å². The van der Waals surface area contributed by atoms with E-state index in [1.165, 1.54) is 0 Å². The van der Waals surface area contributed by atoms with Gasteiger partial charge >= 0.3 is 0 Å². The number of anilines is 1. The van der Waals surface area contributed by atoms with Gasteiger partial charge in [-0.1, -0.05) is 11.6 Å². The van der Waals surface area contributed by atoms with E-state index in [2.05, 4.69) is 17.1 Å². The lowest BCUT2D eigenvalue weighted by atomic mass is 10.1. The Bertz CT molecular complexity index is 435. The van der Waals surface area contributed by atoms with Gasteiger partial charge in [0.25, 0.3) is 0 Å². The number of rotatable bonds is 0. The molecule has 0 spiro atoms. The lowest BCUT2D eigenvalue weighted by Crippen LogP contribution is -2.54. The second-order valence-electron chi connectivity index (χ2n) is 4.67. The Morgan fingerprint density at radius 3 is 3.06 bits per heavy atom. The van der Waals surface area contributed by atoms with Gasteiger partial charge < -0.3 is 10.2 Å². The SMILES string of the molecule is C[C@@H]1CNC[C@H]2Cc3cc(F)c(Cl)cc3N21. The van der Waals surface area contributed by atoms with Gasteiger partial charge in [0.05, 0.1) is 5.02 Å². The molecule has 1 fully saturated rings. The number of halogens is 2. The van der Waals surface area contributed by atoms with Crippen molar-refractivity contribution in [3.63, 3.8) is 0 Å². The number of nitrogens with one attached hydrogen (secondary N) is 1. The number of benzene rings is 1. The van der Waals surface area contributed by atoms with Crippen LogP contribution in [-0.4, -0.2) is 25.2 Å². The second-order valence-corrected chi connectivity index (χ2v) is 5.07. The molecule has 1 saturated heterocycles.